The van der Waals surface area contributed by atoms with Gasteiger partial charge in [0.1, 0.15) is 0 Å². The lowest BCUT2D eigenvalue weighted by molar-refractivity contribution is 0.0691. The second-order valence-corrected chi connectivity index (χ2v) is 5.58. The standard InChI is InChI=1S/C12H20N4O3S/c1-3-20-7-9(2)15-12(19)13-4-5-16-6-10(11(17)18)14-8-16/h6,8-9H,3-5,7H2,1-2H3,(H,17,18)(H2,13,15,19). The molecular formula is C12H20N4O3S. The maximum Gasteiger partial charge on any atom is 0.356 e. The minimum absolute atomic E-state index is 0.000311. The van der Waals surface area contributed by atoms with Crippen LogP contribution in [0.15, 0.2) is 12.5 Å². The summed E-state index contributed by atoms with van der Waals surface area (Å²) in [7, 11) is 0. The maximum absolute atomic E-state index is 11.6. The number of aromatic carboxylic acids is 1. The Hall–Kier alpha value is -1.70. The summed E-state index contributed by atoms with van der Waals surface area (Å²) >= 11 is 1.77. The van der Waals surface area contributed by atoms with Crippen molar-refractivity contribution in [2.45, 2.75) is 26.4 Å². The zero-order chi connectivity index (χ0) is 15.0. The molecule has 0 aliphatic heterocycles. The molecular weight excluding hydrogens is 280 g/mol. The number of carboxylic acids is 1. The fourth-order valence-corrected chi connectivity index (χ4v) is 2.18. The fourth-order valence-electron chi connectivity index (χ4n) is 1.50. The predicted molar refractivity (Wildman–Crippen MR) is 78.2 cm³/mol. The molecule has 1 atom stereocenters. The third-order valence-electron chi connectivity index (χ3n) is 2.46. The molecule has 20 heavy (non-hydrogen) atoms. The highest BCUT2D eigenvalue weighted by molar-refractivity contribution is 7.99. The van der Waals surface area contributed by atoms with E-state index in [4.69, 9.17) is 5.11 Å². The van der Waals surface area contributed by atoms with E-state index in [2.05, 4.69) is 22.5 Å². The first-order chi connectivity index (χ1) is 9.52. The van der Waals surface area contributed by atoms with Gasteiger partial charge in [0.05, 0.1) is 6.33 Å². The van der Waals surface area contributed by atoms with E-state index >= 15 is 0 Å². The molecule has 0 spiro atoms. The monoisotopic (exact) mass is 300 g/mol. The van der Waals surface area contributed by atoms with Crippen LogP contribution < -0.4 is 10.6 Å². The molecule has 1 aromatic heterocycles. The average molecular weight is 300 g/mol. The molecule has 112 valence electrons. The van der Waals surface area contributed by atoms with Gasteiger partial charge in [-0.3, -0.25) is 0 Å². The average Bonchev–Trinajstić information content (AvgIpc) is 2.85. The summed E-state index contributed by atoms with van der Waals surface area (Å²) in [5.41, 5.74) is -0.000311. The summed E-state index contributed by atoms with van der Waals surface area (Å²) in [4.78, 5) is 25.9. The zero-order valence-electron chi connectivity index (χ0n) is 11.6. The van der Waals surface area contributed by atoms with Gasteiger partial charge in [-0.25, -0.2) is 14.6 Å². The largest absolute Gasteiger partial charge is 0.476 e. The molecule has 8 heteroatoms. The topological polar surface area (TPSA) is 96.3 Å². The van der Waals surface area contributed by atoms with Crippen LogP contribution in [-0.4, -0.2) is 50.8 Å². The maximum atomic E-state index is 11.6. The van der Waals surface area contributed by atoms with Crippen LogP contribution in [0, 0.1) is 0 Å². The fraction of sp³-hybridized carbons (Fsp3) is 0.583. The first kappa shape index (κ1) is 16.4. The number of carboxylic acid groups (broad SMARTS) is 1. The third kappa shape index (κ3) is 5.96. The second-order valence-electron chi connectivity index (χ2n) is 4.26. The predicted octanol–water partition coefficient (Wildman–Crippen LogP) is 1.02. The van der Waals surface area contributed by atoms with Gasteiger partial charge in [-0.15, -0.1) is 0 Å². The first-order valence-electron chi connectivity index (χ1n) is 6.40. The molecule has 0 aromatic carbocycles. The molecule has 1 unspecified atom stereocenters. The molecule has 0 saturated heterocycles. The van der Waals surface area contributed by atoms with Crippen molar-refractivity contribution in [3.8, 4) is 0 Å². The Morgan fingerprint density at radius 3 is 2.90 bits per heavy atom. The van der Waals surface area contributed by atoms with Crippen LogP contribution in [0.1, 0.15) is 24.3 Å². The lowest BCUT2D eigenvalue weighted by Crippen LogP contribution is -2.42. The summed E-state index contributed by atoms with van der Waals surface area (Å²) in [5.74, 6) is 0.852. The highest BCUT2D eigenvalue weighted by Gasteiger charge is 2.08. The van der Waals surface area contributed by atoms with E-state index in [9.17, 15) is 9.59 Å². The van der Waals surface area contributed by atoms with Crippen molar-refractivity contribution in [3.05, 3.63) is 18.2 Å². The van der Waals surface area contributed by atoms with Gasteiger partial charge in [-0.05, 0) is 12.7 Å². The number of imidazole rings is 1. The Labute approximate surface area is 122 Å². The summed E-state index contributed by atoms with van der Waals surface area (Å²) in [5, 5.41) is 14.3. The van der Waals surface area contributed by atoms with Gasteiger partial charge in [0, 0.05) is 31.1 Å². The van der Waals surface area contributed by atoms with E-state index < -0.39 is 5.97 Å². The van der Waals surface area contributed by atoms with Crippen molar-refractivity contribution >= 4 is 23.8 Å². The first-order valence-corrected chi connectivity index (χ1v) is 7.55. The number of nitrogens with zero attached hydrogens (tertiary/aromatic N) is 2. The van der Waals surface area contributed by atoms with Gasteiger partial charge < -0.3 is 20.3 Å². The molecule has 1 heterocycles. The molecule has 0 aliphatic rings. The molecule has 2 amide bonds. The SMILES string of the molecule is CCSCC(C)NC(=O)NCCn1cnc(C(=O)O)c1. The molecule has 0 bridgehead atoms. The Kier molecular flexibility index (Phi) is 6.92. The van der Waals surface area contributed by atoms with E-state index in [0.29, 0.717) is 13.1 Å². The number of hydrogen-bond acceptors (Lipinski definition) is 4. The van der Waals surface area contributed by atoms with Crippen LogP contribution in [0.25, 0.3) is 0 Å². The van der Waals surface area contributed by atoms with E-state index in [1.54, 1.807) is 16.3 Å². The van der Waals surface area contributed by atoms with Crippen molar-refractivity contribution in [1.29, 1.82) is 0 Å². The summed E-state index contributed by atoms with van der Waals surface area (Å²) in [6, 6.07) is -0.0976. The van der Waals surface area contributed by atoms with Gasteiger partial charge in [0.25, 0.3) is 0 Å². The van der Waals surface area contributed by atoms with Crippen molar-refractivity contribution in [2.24, 2.45) is 0 Å². The molecule has 1 aromatic rings. The lowest BCUT2D eigenvalue weighted by Gasteiger charge is -2.14. The molecule has 1 rings (SSSR count). The van der Waals surface area contributed by atoms with Crippen LogP contribution in [0.4, 0.5) is 4.79 Å². The molecule has 0 fully saturated rings. The molecule has 0 radical (unpaired) electrons. The van der Waals surface area contributed by atoms with Crippen molar-refractivity contribution < 1.29 is 14.7 Å². The van der Waals surface area contributed by atoms with Gasteiger partial charge in [-0.1, -0.05) is 6.92 Å². The zero-order valence-corrected chi connectivity index (χ0v) is 12.4. The number of aromatic nitrogens is 2. The quantitative estimate of drug-likeness (QED) is 0.666. The minimum Gasteiger partial charge on any atom is -0.476 e. The molecule has 0 saturated carbocycles. The highest BCUT2D eigenvalue weighted by atomic mass is 32.2. The summed E-state index contributed by atoms with van der Waals surface area (Å²) in [6.07, 6.45) is 2.87. The number of carbonyl (C=O) groups excluding carboxylic acids is 1. The summed E-state index contributed by atoms with van der Waals surface area (Å²) in [6.45, 7) is 4.92. The molecule has 7 nitrogen and oxygen atoms in total. The number of thioether (sulfide) groups is 1. The van der Waals surface area contributed by atoms with Crippen molar-refractivity contribution in [3.63, 3.8) is 0 Å². The number of urea groups is 1. The van der Waals surface area contributed by atoms with E-state index in [1.807, 2.05) is 6.92 Å². The second kappa shape index (κ2) is 8.47. The number of hydrogen-bond donors (Lipinski definition) is 3. The number of rotatable bonds is 8. The number of nitrogens with one attached hydrogen (secondary N) is 2. The molecule has 0 aliphatic carbocycles. The summed E-state index contributed by atoms with van der Waals surface area (Å²) < 4.78 is 1.63. The third-order valence-corrected chi connectivity index (χ3v) is 3.60. The van der Waals surface area contributed by atoms with Crippen LogP contribution in [0.3, 0.4) is 0 Å². The van der Waals surface area contributed by atoms with E-state index in [0.717, 1.165) is 11.5 Å². The van der Waals surface area contributed by atoms with Crippen LogP contribution >= 0.6 is 11.8 Å². The Balaban J connectivity index is 2.22. The smallest absolute Gasteiger partial charge is 0.356 e. The van der Waals surface area contributed by atoms with Gasteiger partial charge >= 0.3 is 12.0 Å². The van der Waals surface area contributed by atoms with Crippen molar-refractivity contribution in [2.75, 3.05) is 18.1 Å². The highest BCUT2D eigenvalue weighted by Crippen LogP contribution is 2.00. The van der Waals surface area contributed by atoms with Gasteiger partial charge in [0.2, 0.25) is 0 Å². The van der Waals surface area contributed by atoms with Crippen molar-refractivity contribution in [1.82, 2.24) is 20.2 Å². The van der Waals surface area contributed by atoms with Gasteiger partial charge in [0.15, 0.2) is 5.69 Å². The Bertz CT molecular complexity index is 450. The molecule has 3 N–H and O–H groups in total. The van der Waals surface area contributed by atoms with Gasteiger partial charge in [-0.2, -0.15) is 11.8 Å². The normalized spacial score (nSPS) is 11.9. The van der Waals surface area contributed by atoms with Crippen LogP contribution in [0.2, 0.25) is 0 Å². The van der Waals surface area contributed by atoms with E-state index in [1.165, 1.54) is 12.5 Å². The minimum atomic E-state index is -1.06. The number of carbonyl (C=O) groups is 2. The van der Waals surface area contributed by atoms with E-state index in [-0.39, 0.29) is 17.8 Å². The number of amides is 2. The Morgan fingerprint density at radius 1 is 1.55 bits per heavy atom. The van der Waals surface area contributed by atoms with Crippen LogP contribution in [0.5, 0.6) is 0 Å². The Morgan fingerprint density at radius 2 is 2.30 bits per heavy atom. The lowest BCUT2D eigenvalue weighted by atomic mass is 10.4. The van der Waals surface area contributed by atoms with Crippen LogP contribution in [-0.2, 0) is 6.54 Å².